The molecule has 1 aliphatic rings. The van der Waals surface area contributed by atoms with Gasteiger partial charge >= 0.3 is 6.18 Å². The van der Waals surface area contributed by atoms with E-state index < -0.39 is 18.8 Å². The van der Waals surface area contributed by atoms with Crippen LogP contribution in [0.4, 0.5) is 13.2 Å². The first-order valence-electron chi connectivity index (χ1n) is 5.53. The summed E-state index contributed by atoms with van der Waals surface area (Å²) in [6, 6.07) is 2.06. The molecule has 0 saturated heterocycles. The van der Waals surface area contributed by atoms with E-state index in [0.717, 1.165) is 17.7 Å². The summed E-state index contributed by atoms with van der Waals surface area (Å²) in [5.41, 5.74) is 1.34. The van der Waals surface area contributed by atoms with E-state index in [2.05, 4.69) is 11.4 Å². The Hall–Kier alpha value is -0.590. The molecular formula is C11H14F3NOS. The van der Waals surface area contributed by atoms with Crippen LogP contribution in [0.5, 0.6) is 0 Å². The largest absolute Gasteiger partial charge is 0.415 e. The minimum absolute atomic E-state index is 0.394. The summed E-state index contributed by atoms with van der Waals surface area (Å²) < 4.78 is 36.1. The summed E-state index contributed by atoms with van der Waals surface area (Å²) in [5.74, 6) is 0. The lowest BCUT2D eigenvalue weighted by Crippen LogP contribution is -2.38. The standard InChI is InChI=1S/C11H14F3NOS/c12-11(13,14)10(16)6-15-5-8-4-7-2-1-3-9(7)17-8/h4,10,15-16H,1-3,5-6H2. The topological polar surface area (TPSA) is 32.3 Å². The zero-order valence-corrected chi connectivity index (χ0v) is 10.00. The molecule has 17 heavy (non-hydrogen) atoms. The molecule has 0 radical (unpaired) electrons. The van der Waals surface area contributed by atoms with E-state index in [1.54, 1.807) is 11.3 Å². The fourth-order valence-corrected chi connectivity index (χ4v) is 3.16. The van der Waals surface area contributed by atoms with Gasteiger partial charge in [0.15, 0.2) is 6.10 Å². The van der Waals surface area contributed by atoms with Crippen molar-refractivity contribution in [2.24, 2.45) is 0 Å². The van der Waals surface area contributed by atoms with Crippen LogP contribution in [0, 0.1) is 0 Å². The fourth-order valence-electron chi connectivity index (χ4n) is 1.93. The average molecular weight is 265 g/mol. The van der Waals surface area contributed by atoms with Crippen LogP contribution in [0.1, 0.15) is 21.7 Å². The van der Waals surface area contributed by atoms with E-state index in [1.165, 1.54) is 16.9 Å². The number of aliphatic hydroxyl groups excluding tert-OH is 1. The first-order valence-corrected chi connectivity index (χ1v) is 6.34. The van der Waals surface area contributed by atoms with Gasteiger partial charge in [-0.2, -0.15) is 13.2 Å². The minimum atomic E-state index is -4.54. The highest BCUT2D eigenvalue weighted by Crippen LogP contribution is 2.30. The quantitative estimate of drug-likeness (QED) is 0.875. The number of aryl methyl sites for hydroxylation is 2. The molecule has 2 nitrogen and oxygen atoms in total. The van der Waals surface area contributed by atoms with Gasteiger partial charge in [-0.25, -0.2) is 0 Å². The van der Waals surface area contributed by atoms with Gasteiger partial charge in [0.05, 0.1) is 0 Å². The van der Waals surface area contributed by atoms with E-state index >= 15 is 0 Å². The second kappa shape index (κ2) is 4.96. The van der Waals surface area contributed by atoms with E-state index in [1.807, 2.05) is 0 Å². The smallest absolute Gasteiger partial charge is 0.382 e. The van der Waals surface area contributed by atoms with Gasteiger partial charge in [0, 0.05) is 22.8 Å². The molecule has 1 aliphatic carbocycles. The van der Waals surface area contributed by atoms with Gasteiger partial charge in [-0.3, -0.25) is 0 Å². The molecule has 2 N–H and O–H groups in total. The molecule has 1 heterocycles. The highest BCUT2D eigenvalue weighted by molar-refractivity contribution is 7.12. The molecule has 0 bridgehead atoms. The second-order valence-electron chi connectivity index (χ2n) is 4.20. The van der Waals surface area contributed by atoms with Crippen molar-refractivity contribution in [3.8, 4) is 0 Å². The van der Waals surface area contributed by atoms with E-state index in [-0.39, 0.29) is 0 Å². The summed E-state index contributed by atoms with van der Waals surface area (Å²) in [6.07, 6.45) is -3.47. The Morgan fingerprint density at radius 2 is 2.18 bits per heavy atom. The molecule has 0 amide bonds. The number of aliphatic hydroxyl groups is 1. The first-order chi connectivity index (χ1) is 7.97. The molecule has 1 aromatic rings. The van der Waals surface area contributed by atoms with Gasteiger partial charge in [0.2, 0.25) is 0 Å². The number of alkyl halides is 3. The second-order valence-corrected chi connectivity index (χ2v) is 5.42. The third-order valence-electron chi connectivity index (χ3n) is 2.81. The van der Waals surface area contributed by atoms with Gasteiger partial charge in [0.1, 0.15) is 0 Å². The lowest BCUT2D eigenvalue weighted by atomic mass is 10.2. The Balaban J connectivity index is 1.78. The van der Waals surface area contributed by atoms with Crippen LogP contribution in [-0.2, 0) is 19.4 Å². The number of hydrogen-bond acceptors (Lipinski definition) is 3. The van der Waals surface area contributed by atoms with Crippen molar-refractivity contribution >= 4 is 11.3 Å². The van der Waals surface area contributed by atoms with Gasteiger partial charge in [-0.15, -0.1) is 11.3 Å². The van der Waals surface area contributed by atoms with Crippen LogP contribution in [0.25, 0.3) is 0 Å². The highest BCUT2D eigenvalue weighted by Gasteiger charge is 2.37. The molecule has 6 heteroatoms. The van der Waals surface area contributed by atoms with Crippen LogP contribution < -0.4 is 5.32 Å². The lowest BCUT2D eigenvalue weighted by molar-refractivity contribution is -0.201. The number of rotatable bonds is 4. The van der Waals surface area contributed by atoms with Gasteiger partial charge in [-0.05, 0) is 30.9 Å². The minimum Gasteiger partial charge on any atom is -0.382 e. The van der Waals surface area contributed by atoms with Crippen molar-refractivity contribution in [1.82, 2.24) is 5.32 Å². The molecular weight excluding hydrogens is 251 g/mol. The number of hydrogen-bond donors (Lipinski definition) is 2. The molecule has 0 aromatic carbocycles. The molecule has 0 fully saturated rings. The molecule has 0 spiro atoms. The maximum Gasteiger partial charge on any atom is 0.415 e. The third-order valence-corrected chi connectivity index (χ3v) is 4.05. The Labute approximate surface area is 101 Å². The number of fused-ring (bicyclic) bond motifs is 1. The molecule has 0 saturated carbocycles. The van der Waals surface area contributed by atoms with Crippen molar-refractivity contribution in [2.45, 2.75) is 38.1 Å². The van der Waals surface area contributed by atoms with E-state index in [4.69, 9.17) is 5.11 Å². The Bertz CT molecular complexity index is 367. The summed E-state index contributed by atoms with van der Waals surface area (Å²) in [4.78, 5) is 2.40. The van der Waals surface area contributed by atoms with Gasteiger partial charge < -0.3 is 10.4 Å². The van der Waals surface area contributed by atoms with Crippen molar-refractivity contribution in [3.63, 3.8) is 0 Å². The average Bonchev–Trinajstić information content (AvgIpc) is 2.75. The molecule has 1 unspecified atom stereocenters. The molecule has 1 atom stereocenters. The highest BCUT2D eigenvalue weighted by atomic mass is 32.1. The van der Waals surface area contributed by atoms with Crippen LogP contribution in [0.2, 0.25) is 0 Å². The normalized spacial score (nSPS) is 17.2. The first kappa shape index (κ1) is 12.9. The summed E-state index contributed by atoms with van der Waals surface area (Å²) in [5, 5.41) is 11.4. The van der Waals surface area contributed by atoms with Crippen molar-refractivity contribution in [3.05, 3.63) is 21.4 Å². The number of nitrogens with one attached hydrogen (secondary N) is 1. The fraction of sp³-hybridized carbons (Fsp3) is 0.636. The number of halogens is 3. The van der Waals surface area contributed by atoms with Gasteiger partial charge in [0.25, 0.3) is 0 Å². The Morgan fingerprint density at radius 3 is 2.82 bits per heavy atom. The molecule has 0 aliphatic heterocycles. The van der Waals surface area contributed by atoms with E-state index in [9.17, 15) is 13.2 Å². The van der Waals surface area contributed by atoms with Crippen molar-refractivity contribution in [2.75, 3.05) is 6.54 Å². The maximum absolute atomic E-state index is 12.0. The van der Waals surface area contributed by atoms with Crippen LogP contribution in [0.3, 0.4) is 0 Å². The molecule has 2 rings (SSSR count). The van der Waals surface area contributed by atoms with Gasteiger partial charge in [-0.1, -0.05) is 0 Å². The summed E-state index contributed by atoms with van der Waals surface area (Å²) >= 11 is 1.66. The summed E-state index contributed by atoms with van der Waals surface area (Å²) in [7, 11) is 0. The zero-order chi connectivity index (χ0) is 12.5. The summed E-state index contributed by atoms with van der Waals surface area (Å²) in [6.45, 7) is -0.0587. The van der Waals surface area contributed by atoms with Crippen LogP contribution >= 0.6 is 11.3 Å². The number of thiophene rings is 1. The van der Waals surface area contributed by atoms with Crippen LogP contribution in [-0.4, -0.2) is 23.9 Å². The predicted molar refractivity (Wildman–Crippen MR) is 60.1 cm³/mol. The SMILES string of the molecule is OC(CNCc1cc2c(s1)CCC2)C(F)(F)F. The Kier molecular flexibility index (Phi) is 3.75. The monoisotopic (exact) mass is 265 g/mol. The maximum atomic E-state index is 12.0. The third kappa shape index (κ3) is 3.20. The Morgan fingerprint density at radius 1 is 1.41 bits per heavy atom. The van der Waals surface area contributed by atoms with Crippen LogP contribution in [0.15, 0.2) is 6.07 Å². The zero-order valence-electron chi connectivity index (χ0n) is 9.18. The van der Waals surface area contributed by atoms with E-state index in [0.29, 0.717) is 6.54 Å². The van der Waals surface area contributed by atoms with Crippen molar-refractivity contribution < 1.29 is 18.3 Å². The lowest BCUT2D eigenvalue weighted by Gasteiger charge is -2.14. The molecule has 1 aromatic heterocycles. The van der Waals surface area contributed by atoms with Crippen molar-refractivity contribution in [1.29, 1.82) is 0 Å². The predicted octanol–water partition coefficient (Wildman–Crippen LogP) is 2.25. The molecule has 96 valence electrons.